The largest absolute Gasteiger partial charge is 0.235 e. The lowest BCUT2D eigenvalue weighted by atomic mass is 10.5. The zero-order chi connectivity index (χ0) is 9.52. The van der Waals surface area contributed by atoms with Crippen molar-refractivity contribution in [1.29, 1.82) is 0 Å². The van der Waals surface area contributed by atoms with Crippen molar-refractivity contribution >= 4 is 23.1 Å². The lowest BCUT2D eigenvalue weighted by Gasteiger charge is -1.92. The van der Waals surface area contributed by atoms with Gasteiger partial charge in [0.2, 0.25) is 0 Å². The molecule has 70 valence electrons. The molecular formula is C7H10N4S2. The number of rotatable bonds is 5. The predicted molar refractivity (Wildman–Crippen MR) is 56.2 cm³/mol. The summed E-state index contributed by atoms with van der Waals surface area (Å²) in [4.78, 5) is 6.99. The van der Waals surface area contributed by atoms with Crippen LogP contribution in [0.1, 0.15) is 12.1 Å². The van der Waals surface area contributed by atoms with Crippen LogP contribution in [-0.4, -0.2) is 17.3 Å². The molecule has 1 aromatic rings. The highest BCUT2D eigenvalue weighted by Crippen LogP contribution is 2.22. The molecule has 0 bridgehead atoms. The molecule has 1 rings (SSSR count). The van der Waals surface area contributed by atoms with Gasteiger partial charge in [0.05, 0.1) is 0 Å². The van der Waals surface area contributed by atoms with Crippen molar-refractivity contribution in [2.45, 2.75) is 17.7 Å². The lowest BCUT2D eigenvalue weighted by molar-refractivity contribution is 0.931. The minimum atomic E-state index is 0.577. The van der Waals surface area contributed by atoms with E-state index in [9.17, 15) is 0 Å². The maximum absolute atomic E-state index is 8.03. The van der Waals surface area contributed by atoms with E-state index >= 15 is 0 Å². The van der Waals surface area contributed by atoms with Crippen LogP contribution in [0.3, 0.4) is 0 Å². The molecule has 0 aliphatic heterocycles. The monoisotopic (exact) mass is 214 g/mol. The number of hydrogen-bond acceptors (Lipinski definition) is 4. The molecule has 0 atom stereocenters. The van der Waals surface area contributed by atoms with Crippen molar-refractivity contribution in [2.75, 3.05) is 12.3 Å². The van der Waals surface area contributed by atoms with Gasteiger partial charge in [-0.05, 0) is 18.9 Å². The average Bonchev–Trinajstić information content (AvgIpc) is 2.51. The normalized spacial score (nSPS) is 9.62. The highest BCUT2D eigenvalue weighted by Gasteiger charge is 1.97. The maximum Gasteiger partial charge on any atom is 0.150 e. The second-order valence-electron chi connectivity index (χ2n) is 2.41. The third-order valence-electron chi connectivity index (χ3n) is 1.29. The van der Waals surface area contributed by atoms with Crippen LogP contribution in [0.4, 0.5) is 0 Å². The van der Waals surface area contributed by atoms with Gasteiger partial charge in [-0.2, -0.15) is 0 Å². The van der Waals surface area contributed by atoms with Gasteiger partial charge in [-0.1, -0.05) is 16.9 Å². The molecule has 0 amide bonds. The summed E-state index contributed by atoms with van der Waals surface area (Å²) in [5, 5.41) is 5.50. The minimum absolute atomic E-state index is 0.577. The predicted octanol–water partition coefficient (Wildman–Crippen LogP) is 3.24. The fourth-order valence-electron chi connectivity index (χ4n) is 0.738. The molecule has 1 aromatic heterocycles. The number of aromatic nitrogens is 1. The Morgan fingerprint density at radius 1 is 1.77 bits per heavy atom. The van der Waals surface area contributed by atoms with Gasteiger partial charge in [-0.3, -0.25) is 0 Å². The van der Waals surface area contributed by atoms with E-state index in [4.69, 9.17) is 5.53 Å². The summed E-state index contributed by atoms with van der Waals surface area (Å²) < 4.78 is 1.10. The number of aryl methyl sites for hydroxylation is 1. The topological polar surface area (TPSA) is 61.7 Å². The Labute approximate surface area is 85.0 Å². The minimum Gasteiger partial charge on any atom is -0.235 e. The van der Waals surface area contributed by atoms with Gasteiger partial charge < -0.3 is 0 Å². The SMILES string of the molecule is Cc1csc(SCCCN=[N+]=[N-])n1. The molecule has 1 heterocycles. The molecule has 0 fully saturated rings. The van der Waals surface area contributed by atoms with Gasteiger partial charge in [0.25, 0.3) is 0 Å². The summed E-state index contributed by atoms with van der Waals surface area (Å²) in [6.45, 7) is 2.56. The Bertz CT molecular complexity index is 303. The fourth-order valence-corrected chi connectivity index (χ4v) is 2.58. The zero-order valence-corrected chi connectivity index (χ0v) is 8.94. The zero-order valence-electron chi connectivity index (χ0n) is 7.30. The van der Waals surface area contributed by atoms with Crippen molar-refractivity contribution in [3.8, 4) is 0 Å². The summed E-state index contributed by atoms with van der Waals surface area (Å²) in [6.07, 6.45) is 0.910. The third kappa shape index (κ3) is 4.17. The van der Waals surface area contributed by atoms with E-state index < -0.39 is 0 Å². The summed E-state index contributed by atoms with van der Waals surface area (Å²) in [6, 6.07) is 0. The van der Waals surface area contributed by atoms with E-state index in [-0.39, 0.29) is 0 Å². The molecule has 4 nitrogen and oxygen atoms in total. The van der Waals surface area contributed by atoms with Gasteiger partial charge in [-0.25, -0.2) is 4.98 Å². The van der Waals surface area contributed by atoms with Gasteiger partial charge in [0.15, 0.2) is 0 Å². The Kier molecular flexibility index (Phi) is 4.67. The molecule has 0 aromatic carbocycles. The van der Waals surface area contributed by atoms with Crippen molar-refractivity contribution in [3.05, 3.63) is 21.5 Å². The average molecular weight is 214 g/mol. The number of nitrogens with zero attached hydrogens (tertiary/aromatic N) is 4. The standard InChI is InChI=1S/C7H10N4S2/c1-6-5-13-7(10-6)12-4-2-3-9-11-8/h5H,2-4H2,1H3. The fraction of sp³-hybridized carbons (Fsp3) is 0.571. The molecular weight excluding hydrogens is 204 g/mol. The first-order valence-corrected chi connectivity index (χ1v) is 5.75. The first-order valence-electron chi connectivity index (χ1n) is 3.88. The van der Waals surface area contributed by atoms with E-state index in [0.717, 1.165) is 22.2 Å². The second kappa shape index (κ2) is 5.85. The second-order valence-corrected chi connectivity index (χ2v) is 4.61. The number of azide groups is 1. The molecule has 0 radical (unpaired) electrons. The number of hydrogen-bond donors (Lipinski definition) is 0. The van der Waals surface area contributed by atoms with Crippen LogP contribution in [0.2, 0.25) is 0 Å². The molecule has 13 heavy (non-hydrogen) atoms. The number of thioether (sulfide) groups is 1. The van der Waals surface area contributed by atoms with Gasteiger partial charge in [0, 0.05) is 28.3 Å². The third-order valence-corrected chi connectivity index (χ3v) is 3.51. The lowest BCUT2D eigenvalue weighted by Crippen LogP contribution is -1.83. The molecule has 0 unspecified atom stereocenters. The molecule has 0 aliphatic carbocycles. The van der Waals surface area contributed by atoms with Gasteiger partial charge in [-0.15, -0.1) is 11.3 Å². The molecule has 0 spiro atoms. The Hall–Kier alpha value is -0.710. The van der Waals surface area contributed by atoms with Crippen LogP contribution in [-0.2, 0) is 0 Å². The summed E-state index contributed by atoms with van der Waals surface area (Å²) in [7, 11) is 0. The molecule has 0 saturated carbocycles. The van der Waals surface area contributed by atoms with E-state index in [2.05, 4.69) is 15.0 Å². The first-order chi connectivity index (χ1) is 6.33. The van der Waals surface area contributed by atoms with Crippen molar-refractivity contribution in [1.82, 2.24) is 4.98 Å². The van der Waals surface area contributed by atoms with E-state index in [1.165, 1.54) is 0 Å². The van der Waals surface area contributed by atoms with Crippen LogP contribution in [0, 0.1) is 6.92 Å². The Morgan fingerprint density at radius 3 is 3.23 bits per heavy atom. The van der Waals surface area contributed by atoms with E-state index in [1.807, 2.05) is 12.3 Å². The van der Waals surface area contributed by atoms with Crippen molar-refractivity contribution < 1.29 is 0 Å². The highest BCUT2D eigenvalue weighted by molar-refractivity contribution is 8.00. The van der Waals surface area contributed by atoms with E-state index in [0.29, 0.717) is 6.54 Å². The quantitative estimate of drug-likeness (QED) is 0.248. The summed E-state index contributed by atoms with van der Waals surface area (Å²) in [5.74, 6) is 0.964. The molecule has 6 heteroatoms. The van der Waals surface area contributed by atoms with Crippen LogP contribution in [0.5, 0.6) is 0 Å². The smallest absolute Gasteiger partial charge is 0.150 e. The van der Waals surface area contributed by atoms with Crippen LogP contribution in [0.15, 0.2) is 14.8 Å². The van der Waals surface area contributed by atoms with E-state index in [1.54, 1.807) is 23.1 Å². The molecule has 0 saturated heterocycles. The number of thiazole rings is 1. The molecule has 0 N–H and O–H groups in total. The van der Waals surface area contributed by atoms with Crippen LogP contribution in [0.25, 0.3) is 10.4 Å². The maximum atomic E-state index is 8.03. The summed E-state index contributed by atoms with van der Waals surface area (Å²) in [5.41, 5.74) is 9.10. The van der Waals surface area contributed by atoms with Crippen molar-refractivity contribution in [2.24, 2.45) is 5.11 Å². The Morgan fingerprint density at radius 2 is 2.62 bits per heavy atom. The summed E-state index contributed by atoms with van der Waals surface area (Å²) >= 11 is 3.38. The van der Waals surface area contributed by atoms with Gasteiger partial charge in [0.1, 0.15) is 4.34 Å². The molecule has 0 aliphatic rings. The van der Waals surface area contributed by atoms with Crippen LogP contribution < -0.4 is 0 Å². The first kappa shape index (κ1) is 10.4. The van der Waals surface area contributed by atoms with Crippen molar-refractivity contribution in [3.63, 3.8) is 0 Å². The van der Waals surface area contributed by atoms with Crippen LogP contribution >= 0.6 is 23.1 Å². The van der Waals surface area contributed by atoms with Gasteiger partial charge >= 0.3 is 0 Å². The Balaban J connectivity index is 2.16. The highest BCUT2D eigenvalue weighted by atomic mass is 32.2.